The van der Waals surface area contributed by atoms with Crippen molar-refractivity contribution < 1.29 is 17.9 Å². The molecule has 0 spiro atoms. The van der Waals surface area contributed by atoms with Gasteiger partial charge < -0.3 is 5.11 Å². The standard InChI is InChI=1S/C7H6ClFO3S/c8-13(11,12)6-2-1-5(4-10)7(9)3-6/h1-3,10H,4H2. The largest absolute Gasteiger partial charge is 0.392 e. The molecule has 0 amide bonds. The summed E-state index contributed by atoms with van der Waals surface area (Å²) in [5.74, 6) is -0.788. The molecule has 1 rings (SSSR count). The Labute approximate surface area is 79.2 Å². The highest BCUT2D eigenvalue weighted by Crippen LogP contribution is 2.18. The highest BCUT2D eigenvalue weighted by atomic mass is 35.7. The molecule has 72 valence electrons. The van der Waals surface area contributed by atoms with Crippen LogP contribution in [0.2, 0.25) is 0 Å². The third kappa shape index (κ3) is 2.40. The maximum absolute atomic E-state index is 12.9. The lowest BCUT2D eigenvalue weighted by Gasteiger charge is -2.00. The van der Waals surface area contributed by atoms with Gasteiger partial charge in [-0.2, -0.15) is 0 Å². The third-order valence-corrected chi connectivity index (χ3v) is 2.83. The summed E-state index contributed by atoms with van der Waals surface area (Å²) in [7, 11) is 1.07. The summed E-state index contributed by atoms with van der Waals surface area (Å²) in [5, 5.41) is 8.59. The molecule has 0 aliphatic carbocycles. The van der Waals surface area contributed by atoms with Crippen LogP contribution < -0.4 is 0 Å². The zero-order chi connectivity index (χ0) is 10.1. The minimum atomic E-state index is -3.90. The van der Waals surface area contributed by atoms with E-state index < -0.39 is 21.5 Å². The highest BCUT2D eigenvalue weighted by Gasteiger charge is 2.12. The van der Waals surface area contributed by atoms with E-state index in [1.54, 1.807) is 0 Å². The van der Waals surface area contributed by atoms with Crippen LogP contribution >= 0.6 is 10.7 Å². The lowest BCUT2D eigenvalue weighted by molar-refractivity contribution is 0.275. The Balaban J connectivity index is 3.26. The van der Waals surface area contributed by atoms with Gasteiger partial charge in [0.15, 0.2) is 0 Å². The van der Waals surface area contributed by atoms with Crippen LogP contribution in [0.5, 0.6) is 0 Å². The summed E-state index contributed by atoms with van der Waals surface area (Å²) in [4.78, 5) is -0.316. The molecule has 1 N–H and O–H groups in total. The van der Waals surface area contributed by atoms with Crippen molar-refractivity contribution in [3.63, 3.8) is 0 Å². The van der Waals surface area contributed by atoms with Gasteiger partial charge in [-0.05, 0) is 12.1 Å². The second kappa shape index (κ2) is 3.61. The predicted octanol–water partition coefficient (Wildman–Crippen LogP) is 1.25. The fraction of sp³-hybridized carbons (Fsp3) is 0.143. The van der Waals surface area contributed by atoms with E-state index in [1.165, 1.54) is 6.07 Å². The van der Waals surface area contributed by atoms with Crippen molar-refractivity contribution in [2.45, 2.75) is 11.5 Å². The highest BCUT2D eigenvalue weighted by molar-refractivity contribution is 8.13. The Morgan fingerprint density at radius 3 is 2.46 bits per heavy atom. The van der Waals surface area contributed by atoms with Gasteiger partial charge in [0.1, 0.15) is 5.82 Å². The van der Waals surface area contributed by atoms with Crippen molar-refractivity contribution in [1.82, 2.24) is 0 Å². The van der Waals surface area contributed by atoms with Crippen molar-refractivity contribution in [1.29, 1.82) is 0 Å². The first-order chi connectivity index (χ1) is 5.95. The number of rotatable bonds is 2. The van der Waals surface area contributed by atoms with E-state index >= 15 is 0 Å². The van der Waals surface area contributed by atoms with Crippen molar-refractivity contribution in [3.05, 3.63) is 29.6 Å². The average Bonchev–Trinajstić information content (AvgIpc) is 2.02. The van der Waals surface area contributed by atoms with E-state index in [9.17, 15) is 12.8 Å². The van der Waals surface area contributed by atoms with Gasteiger partial charge in [0, 0.05) is 16.2 Å². The molecular formula is C7H6ClFO3S. The smallest absolute Gasteiger partial charge is 0.261 e. The van der Waals surface area contributed by atoms with E-state index in [1.807, 2.05) is 0 Å². The van der Waals surface area contributed by atoms with Gasteiger partial charge in [-0.15, -0.1) is 0 Å². The number of aliphatic hydroxyl groups excluding tert-OH is 1. The van der Waals surface area contributed by atoms with Crippen molar-refractivity contribution >= 4 is 19.7 Å². The van der Waals surface area contributed by atoms with Crippen LogP contribution in [0.3, 0.4) is 0 Å². The zero-order valence-electron chi connectivity index (χ0n) is 6.37. The van der Waals surface area contributed by atoms with Crippen LogP contribution in [0.25, 0.3) is 0 Å². The number of hydrogen-bond acceptors (Lipinski definition) is 3. The van der Waals surface area contributed by atoms with Gasteiger partial charge in [-0.1, -0.05) is 6.07 Å². The van der Waals surface area contributed by atoms with Crippen molar-refractivity contribution in [3.8, 4) is 0 Å². The Morgan fingerprint density at radius 1 is 1.46 bits per heavy atom. The molecule has 0 aliphatic rings. The third-order valence-electron chi connectivity index (χ3n) is 1.48. The monoisotopic (exact) mass is 224 g/mol. The first kappa shape index (κ1) is 10.4. The molecule has 1 aromatic carbocycles. The Hall–Kier alpha value is -0.650. The molecule has 6 heteroatoms. The molecule has 0 fully saturated rings. The maximum atomic E-state index is 12.9. The molecule has 0 aromatic heterocycles. The summed E-state index contributed by atoms with van der Waals surface area (Å²) in [6.07, 6.45) is 0. The second-order valence-electron chi connectivity index (χ2n) is 2.35. The first-order valence-electron chi connectivity index (χ1n) is 3.29. The maximum Gasteiger partial charge on any atom is 0.261 e. The number of aliphatic hydroxyl groups is 1. The predicted molar refractivity (Wildman–Crippen MR) is 45.4 cm³/mol. The lowest BCUT2D eigenvalue weighted by Crippen LogP contribution is -1.95. The van der Waals surface area contributed by atoms with E-state index in [0.717, 1.165) is 12.1 Å². The minimum absolute atomic E-state index is 0.0315. The van der Waals surface area contributed by atoms with E-state index in [4.69, 9.17) is 15.8 Å². The second-order valence-corrected chi connectivity index (χ2v) is 4.92. The van der Waals surface area contributed by atoms with Gasteiger partial charge in [0.25, 0.3) is 9.05 Å². The molecule has 0 radical (unpaired) electrons. The van der Waals surface area contributed by atoms with E-state index in [-0.39, 0.29) is 10.5 Å². The van der Waals surface area contributed by atoms with E-state index in [2.05, 4.69) is 0 Å². The quantitative estimate of drug-likeness (QED) is 0.770. The summed E-state index contributed by atoms with van der Waals surface area (Å²) < 4.78 is 34.3. The molecule has 0 bridgehead atoms. The Morgan fingerprint density at radius 2 is 2.08 bits per heavy atom. The topological polar surface area (TPSA) is 54.4 Å². The van der Waals surface area contributed by atoms with Gasteiger partial charge in [0.05, 0.1) is 11.5 Å². The van der Waals surface area contributed by atoms with Crippen LogP contribution in [-0.2, 0) is 15.7 Å². The van der Waals surface area contributed by atoms with Crippen LogP contribution in [0, 0.1) is 5.82 Å². The van der Waals surface area contributed by atoms with Crippen molar-refractivity contribution in [2.75, 3.05) is 0 Å². The molecule has 3 nitrogen and oxygen atoms in total. The number of hydrogen-bond donors (Lipinski definition) is 1. The van der Waals surface area contributed by atoms with Crippen LogP contribution in [-0.4, -0.2) is 13.5 Å². The first-order valence-corrected chi connectivity index (χ1v) is 5.60. The molecule has 0 saturated heterocycles. The van der Waals surface area contributed by atoms with Gasteiger partial charge in [0.2, 0.25) is 0 Å². The molecule has 0 heterocycles. The molecule has 0 aliphatic heterocycles. The van der Waals surface area contributed by atoms with Gasteiger partial charge in [-0.25, -0.2) is 12.8 Å². The van der Waals surface area contributed by atoms with Crippen molar-refractivity contribution in [2.24, 2.45) is 0 Å². The van der Waals surface area contributed by atoms with Gasteiger partial charge in [-0.3, -0.25) is 0 Å². The Bertz CT molecular complexity index is 416. The normalized spacial score (nSPS) is 11.6. The average molecular weight is 225 g/mol. The fourth-order valence-corrected chi connectivity index (χ4v) is 1.57. The molecule has 0 saturated carbocycles. The number of benzene rings is 1. The minimum Gasteiger partial charge on any atom is -0.392 e. The summed E-state index contributed by atoms with van der Waals surface area (Å²) >= 11 is 0. The molecule has 1 aromatic rings. The van der Waals surface area contributed by atoms with Crippen LogP contribution in [0.1, 0.15) is 5.56 Å². The lowest BCUT2D eigenvalue weighted by atomic mass is 10.2. The Kier molecular flexibility index (Phi) is 2.90. The summed E-state index contributed by atoms with van der Waals surface area (Å²) in [6.45, 7) is -0.478. The summed E-state index contributed by atoms with van der Waals surface area (Å²) in [5.41, 5.74) is 0.0315. The number of halogens is 2. The molecular weight excluding hydrogens is 219 g/mol. The molecule has 0 atom stereocenters. The summed E-state index contributed by atoms with van der Waals surface area (Å²) in [6, 6.07) is 3.08. The zero-order valence-corrected chi connectivity index (χ0v) is 7.94. The van der Waals surface area contributed by atoms with E-state index in [0.29, 0.717) is 0 Å². The van der Waals surface area contributed by atoms with Gasteiger partial charge >= 0.3 is 0 Å². The SMILES string of the molecule is O=S(=O)(Cl)c1ccc(CO)c(F)c1. The molecule has 0 unspecified atom stereocenters. The fourth-order valence-electron chi connectivity index (χ4n) is 0.808. The molecule has 13 heavy (non-hydrogen) atoms. The van der Waals surface area contributed by atoms with Crippen LogP contribution in [0.15, 0.2) is 23.1 Å². The van der Waals surface area contributed by atoms with Crippen LogP contribution in [0.4, 0.5) is 4.39 Å².